The molecule has 1 aliphatic carbocycles. The van der Waals surface area contributed by atoms with Crippen LogP contribution in [0.4, 0.5) is 4.39 Å². The smallest absolute Gasteiger partial charge is 0.240 e. The van der Waals surface area contributed by atoms with Crippen molar-refractivity contribution in [2.75, 3.05) is 5.75 Å². The zero-order valence-electron chi connectivity index (χ0n) is 12.0. The molecule has 1 aromatic rings. The lowest BCUT2D eigenvalue weighted by Crippen LogP contribution is -2.55. The van der Waals surface area contributed by atoms with Gasteiger partial charge in [-0.05, 0) is 30.9 Å². The first-order chi connectivity index (χ1) is 10.1. The van der Waals surface area contributed by atoms with Gasteiger partial charge in [-0.3, -0.25) is 4.79 Å². The van der Waals surface area contributed by atoms with Gasteiger partial charge in [0, 0.05) is 10.6 Å². The number of hydrogen-bond donors (Lipinski definition) is 2. The van der Waals surface area contributed by atoms with Crippen LogP contribution in [-0.4, -0.2) is 17.2 Å². The second kappa shape index (κ2) is 5.97. The minimum Gasteiger partial charge on any atom is -0.348 e. The third-order valence-electron chi connectivity index (χ3n) is 4.53. The molecular formula is C16H21FN2OS. The van der Waals surface area contributed by atoms with E-state index in [1.165, 1.54) is 17.8 Å². The lowest BCUT2D eigenvalue weighted by atomic mass is 9.81. The molecule has 1 unspecified atom stereocenters. The molecule has 114 valence electrons. The van der Waals surface area contributed by atoms with E-state index in [0.29, 0.717) is 4.90 Å². The van der Waals surface area contributed by atoms with E-state index in [2.05, 4.69) is 5.32 Å². The Morgan fingerprint density at radius 1 is 1.33 bits per heavy atom. The highest BCUT2D eigenvalue weighted by atomic mass is 32.2. The number of nitrogens with two attached hydrogens (primary N) is 1. The van der Waals surface area contributed by atoms with E-state index in [9.17, 15) is 9.18 Å². The molecule has 3 N–H and O–H groups in total. The number of thioether (sulfide) groups is 1. The summed E-state index contributed by atoms with van der Waals surface area (Å²) in [6.45, 7) is 0. The molecule has 5 heteroatoms. The summed E-state index contributed by atoms with van der Waals surface area (Å²) in [6.07, 6.45) is 5.49. The van der Waals surface area contributed by atoms with Gasteiger partial charge in [-0.15, -0.1) is 11.8 Å². The monoisotopic (exact) mass is 308 g/mol. The van der Waals surface area contributed by atoms with Crippen LogP contribution >= 0.6 is 11.8 Å². The highest BCUT2D eigenvalue weighted by Crippen LogP contribution is 2.38. The zero-order valence-corrected chi connectivity index (χ0v) is 12.8. The summed E-state index contributed by atoms with van der Waals surface area (Å²) in [5, 5.41) is 3.07. The molecule has 0 spiro atoms. The minimum atomic E-state index is -0.740. The third kappa shape index (κ3) is 2.94. The molecule has 3 rings (SSSR count). The zero-order chi connectivity index (χ0) is 14.9. The Morgan fingerprint density at radius 2 is 2.10 bits per heavy atom. The number of halogens is 1. The van der Waals surface area contributed by atoms with Gasteiger partial charge >= 0.3 is 0 Å². The fraction of sp³-hybridized carbons (Fsp3) is 0.562. The lowest BCUT2D eigenvalue weighted by Gasteiger charge is -2.35. The average Bonchev–Trinajstić information content (AvgIpc) is 2.49. The van der Waals surface area contributed by atoms with Crippen LogP contribution in [0.1, 0.15) is 50.1 Å². The van der Waals surface area contributed by atoms with Crippen molar-refractivity contribution in [3.8, 4) is 0 Å². The molecule has 1 fully saturated rings. The van der Waals surface area contributed by atoms with Crippen LogP contribution in [-0.2, 0) is 4.79 Å². The number of fused-ring (bicyclic) bond motifs is 1. The Labute approximate surface area is 128 Å². The topological polar surface area (TPSA) is 55.1 Å². The van der Waals surface area contributed by atoms with E-state index in [-0.39, 0.29) is 17.8 Å². The second-order valence-corrected chi connectivity index (χ2v) is 7.14. The number of amides is 1. The SMILES string of the molecule is NC1(C(=O)NC2CCSc3c(F)cccc32)CCCCC1. The molecule has 1 aliphatic heterocycles. The van der Waals surface area contributed by atoms with E-state index in [0.717, 1.165) is 49.8 Å². The summed E-state index contributed by atoms with van der Waals surface area (Å²) in [5.41, 5.74) is 6.43. The first kappa shape index (κ1) is 14.9. The fourth-order valence-electron chi connectivity index (χ4n) is 3.25. The van der Waals surface area contributed by atoms with Gasteiger partial charge in [0.2, 0.25) is 5.91 Å². The molecule has 2 aliphatic rings. The van der Waals surface area contributed by atoms with E-state index in [1.807, 2.05) is 6.07 Å². The third-order valence-corrected chi connectivity index (χ3v) is 5.69. The molecule has 3 nitrogen and oxygen atoms in total. The normalized spacial score (nSPS) is 24.2. The molecule has 21 heavy (non-hydrogen) atoms. The Bertz CT molecular complexity index is 543. The van der Waals surface area contributed by atoms with Crippen LogP contribution in [0.5, 0.6) is 0 Å². The molecule has 1 saturated carbocycles. The maximum absolute atomic E-state index is 13.9. The van der Waals surface area contributed by atoms with Gasteiger partial charge in [0.15, 0.2) is 0 Å². The van der Waals surface area contributed by atoms with Crippen LogP contribution in [0.25, 0.3) is 0 Å². The highest BCUT2D eigenvalue weighted by molar-refractivity contribution is 7.99. The number of rotatable bonds is 2. The molecule has 1 heterocycles. The van der Waals surface area contributed by atoms with Crippen molar-refractivity contribution in [2.45, 2.75) is 55.0 Å². The van der Waals surface area contributed by atoms with Crippen LogP contribution in [0.15, 0.2) is 23.1 Å². The van der Waals surface area contributed by atoms with Gasteiger partial charge in [0.25, 0.3) is 0 Å². The lowest BCUT2D eigenvalue weighted by molar-refractivity contribution is -0.128. The maximum Gasteiger partial charge on any atom is 0.240 e. The van der Waals surface area contributed by atoms with Crippen molar-refractivity contribution in [1.82, 2.24) is 5.32 Å². The predicted octanol–water partition coefficient (Wildman–Crippen LogP) is 3.14. The Balaban J connectivity index is 1.77. The van der Waals surface area contributed by atoms with Crippen LogP contribution in [0, 0.1) is 5.82 Å². The standard InChI is InChI=1S/C16H21FN2OS/c17-12-6-4-5-11-13(7-10-21-14(11)12)19-15(20)16(18)8-2-1-3-9-16/h4-6,13H,1-3,7-10,18H2,(H,19,20). The summed E-state index contributed by atoms with van der Waals surface area (Å²) < 4.78 is 13.9. The van der Waals surface area contributed by atoms with Crippen molar-refractivity contribution >= 4 is 17.7 Å². The molecule has 0 radical (unpaired) electrons. The Morgan fingerprint density at radius 3 is 2.86 bits per heavy atom. The Hall–Kier alpha value is -1.07. The van der Waals surface area contributed by atoms with E-state index >= 15 is 0 Å². The van der Waals surface area contributed by atoms with E-state index in [1.54, 1.807) is 6.07 Å². The molecule has 0 aromatic heterocycles. The van der Waals surface area contributed by atoms with Gasteiger partial charge in [-0.2, -0.15) is 0 Å². The van der Waals surface area contributed by atoms with Crippen molar-refractivity contribution in [3.63, 3.8) is 0 Å². The molecule has 0 bridgehead atoms. The van der Waals surface area contributed by atoms with Gasteiger partial charge in [-0.25, -0.2) is 4.39 Å². The molecule has 1 aromatic carbocycles. The summed E-state index contributed by atoms with van der Waals surface area (Å²) in [4.78, 5) is 13.2. The highest BCUT2D eigenvalue weighted by Gasteiger charge is 2.37. The second-order valence-electron chi connectivity index (χ2n) is 6.04. The van der Waals surface area contributed by atoms with Crippen LogP contribution in [0.2, 0.25) is 0 Å². The van der Waals surface area contributed by atoms with Crippen molar-refractivity contribution in [3.05, 3.63) is 29.6 Å². The quantitative estimate of drug-likeness (QED) is 0.882. The average molecular weight is 308 g/mol. The van der Waals surface area contributed by atoms with Gasteiger partial charge in [-0.1, -0.05) is 31.4 Å². The first-order valence-corrected chi connectivity index (χ1v) is 8.60. The summed E-state index contributed by atoms with van der Waals surface area (Å²) >= 11 is 1.52. The number of hydrogen-bond acceptors (Lipinski definition) is 3. The van der Waals surface area contributed by atoms with Crippen molar-refractivity contribution in [1.29, 1.82) is 0 Å². The molecule has 0 saturated heterocycles. The number of nitrogens with one attached hydrogen (secondary N) is 1. The maximum atomic E-state index is 13.9. The summed E-state index contributed by atoms with van der Waals surface area (Å²) in [5.74, 6) is 0.544. The predicted molar refractivity (Wildman–Crippen MR) is 82.6 cm³/mol. The number of carbonyl (C=O) groups excluding carboxylic acids is 1. The van der Waals surface area contributed by atoms with Crippen LogP contribution in [0.3, 0.4) is 0 Å². The molecule has 1 amide bonds. The first-order valence-electron chi connectivity index (χ1n) is 7.61. The van der Waals surface area contributed by atoms with E-state index in [4.69, 9.17) is 5.73 Å². The summed E-state index contributed by atoms with van der Waals surface area (Å²) in [6, 6.07) is 4.96. The Kier molecular flexibility index (Phi) is 4.22. The summed E-state index contributed by atoms with van der Waals surface area (Å²) in [7, 11) is 0. The largest absolute Gasteiger partial charge is 0.348 e. The number of carbonyl (C=O) groups is 1. The van der Waals surface area contributed by atoms with Gasteiger partial charge in [0.05, 0.1) is 11.6 Å². The fourth-order valence-corrected chi connectivity index (χ4v) is 4.39. The number of benzene rings is 1. The van der Waals surface area contributed by atoms with Gasteiger partial charge < -0.3 is 11.1 Å². The minimum absolute atomic E-state index is 0.0747. The van der Waals surface area contributed by atoms with Crippen molar-refractivity contribution in [2.24, 2.45) is 5.73 Å². The molecular weight excluding hydrogens is 287 g/mol. The van der Waals surface area contributed by atoms with Crippen molar-refractivity contribution < 1.29 is 9.18 Å². The van der Waals surface area contributed by atoms with Gasteiger partial charge in [0.1, 0.15) is 5.82 Å². The molecule has 1 atom stereocenters. The van der Waals surface area contributed by atoms with E-state index < -0.39 is 5.54 Å². The van der Waals surface area contributed by atoms with Crippen LogP contribution < -0.4 is 11.1 Å².